The minimum Gasteiger partial charge on any atom is -0.491 e. The van der Waals surface area contributed by atoms with E-state index in [9.17, 15) is 5.11 Å². The zero-order chi connectivity index (χ0) is 15.9. The van der Waals surface area contributed by atoms with E-state index in [1.807, 2.05) is 45.0 Å². The van der Waals surface area contributed by atoms with Crippen LogP contribution < -0.4 is 15.4 Å². The summed E-state index contributed by atoms with van der Waals surface area (Å²) in [6.45, 7) is 7.18. The Bertz CT molecular complexity index is 481. The van der Waals surface area contributed by atoms with Crippen LogP contribution in [-0.2, 0) is 0 Å². The molecule has 3 N–H and O–H groups in total. The Morgan fingerprint density at radius 2 is 2.00 bits per heavy atom. The first kappa shape index (κ1) is 16.6. The van der Waals surface area contributed by atoms with Gasteiger partial charge in [-0.25, -0.2) is 0 Å². The lowest BCUT2D eigenvalue weighted by atomic mass is 10.1. The maximum atomic E-state index is 10.3. The molecule has 1 saturated carbocycles. The number of aliphatic imine (C=N–C) groups is 1. The molecule has 0 aliphatic heterocycles. The van der Waals surface area contributed by atoms with Gasteiger partial charge in [0, 0.05) is 12.6 Å². The molecule has 0 bridgehead atoms. The molecular formula is C17H27N3O2. The van der Waals surface area contributed by atoms with Crippen LogP contribution in [0.2, 0.25) is 0 Å². The van der Waals surface area contributed by atoms with Crippen LogP contribution in [0.25, 0.3) is 0 Å². The molecule has 0 aromatic heterocycles. The van der Waals surface area contributed by atoms with Crippen LogP contribution in [0, 0.1) is 0 Å². The number of guanidine groups is 1. The Hall–Kier alpha value is -1.75. The Kier molecular flexibility index (Phi) is 6.07. The molecule has 0 amide bonds. The van der Waals surface area contributed by atoms with Crippen molar-refractivity contribution in [2.24, 2.45) is 4.99 Å². The van der Waals surface area contributed by atoms with Crippen LogP contribution in [0.5, 0.6) is 5.75 Å². The summed E-state index contributed by atoms with van der Waals surface area (Å²) in [4.78, 5) is 4.45. The van der Waals surface area contributed by atoms with Gasteiger partial charge in [-0.2, -0.15) is 0 Å². The maximum Gasteiger partial charge on any atom is 0.191 e. The molecule has 1 unspecified atom stereocenters. The molecule has 0 spiro atoms. The van der Waals surface area contributed by atoms with Crippen LogP contribution in [0.4, 0.5) is 0 Å². The summed E-state index contributed by atoms with van der Waals surface area (Å²) in [6.07, 6.45) is 1.94. The summed E-state index contributed by atoms with van der Waals surface area (Å²) in [6, 6.07) is 8.09. The quantitative estimate of drug-likeness (QED) is 0.534. The SMILES string of the molecule is CCNC(=NCC(O)c1ccc(OC(C)C)cc1)NC1CC1. The van der Waals surface area contributed by atoms with Crippen molar-refractivity contribution >= 4 is 5.96 Å². The Balaban J connectivity index is 1.90. The zero-order valence-corrected chi connectivity index (χ0v) is 13.7. The van der Waals surface area contributed by atoms with Gasteiger partial charge in [0.15, 0.2) is 5.96 Å². The summed E-state index contributed by atoms with van der Waals surface area (Å²) in [5.41, 5.74) is 0.849. The number of benzene rings is 1. The normalized spacial score (nSPS) is 16.5. The number of aliphatic hydroxyl groups excluding tert-OH is 1. The zero-order valence-electron chi connectivity index (χ0n) is 13.7. The fourth-order valence-electron chi connectivity index (χ4n) is 2.06. The molecule has 122 valence electrons. The maximum absolute atomic E-state index is 10.3. The lowest BCUT2D eigenvalue weighted by molar-refractivity contribution is 0.186. The minimum absolute atomic E-state index is 0.150. The average molecular weight is 305 g/mol. The highest BCUT2D eigenvalue weighted by Crippen LogP contribution is 2.20. The van der Waals surface area contributed by atoms with E-state index in [1.165, 1.54) is 12.8 Å². The van der Waals surface area contributed by atoms with Crippen LogP contribution in [-0.4, -0.2) is 36.3 Å². The molecule has 0 heterocycles. The predicted molar refractivity (Wildman–Crippen MR) is 89.3 cm³/mol. The van der Waals surface area contributed by atoms with Crippen LogP contribution in [0.15, 0.2) is 29.3 Å². The largest absolute Gasteiger partial charge is 0.491 e. The van der Waals surface area contributed by atoms with Gasteiger partial charge < -0.3 is 20.5 Å². The third-order valence-electron chi connectivity index (χ3n) is 3.32. The second kappa shape index (κ2) is 8.03. The third-order valence-corrected chi connectivity index (χ3v) is 3.32. The molecule has 0 radical (unpaired) electrons. The van der Waals surface area contributed by atoms with Crippen molar-refractivity contribution in [2.45, 2.75) is 51.9 Å². The highest BCUT2D eigenvalue weighted by atomic mass is 16.5. The van der Waals surface area contributed by atoms with Crippen molar-refractivity contribution in [2.75, 3.05) is 13.1 Å². The monoisotopic (exact) mass is 305 g/mol. The lowest BCUT2D eigenvalue weighted by Gasteiger charge is -2.14. The van der Waals surface area contributed by atoms with E-state index < -0.39 is 6.10 Å². The summed E-state index contributed by atoms with van der Waals surface area (Å²) in [5.74, 6) is 1.60. The number of hydrogen-bond donors (Lipinski definition) is 3. The van der Waals surface area contributed by atoms with Crippen molar-refractivity contribution in [1.82, 2.24) is 10.6 Å². The van der Waals surface area contributed by atoms with E-state index in [1.54, 1.807) is 0 Å². The van der Waals surface area contributed by atoms with Crippen molar-refractivity contribution < 1.29 is 9.84 Å². The van der Waals surface area contributed by atoms with Gasteiger partial charge in [-0.1, -0.05) is 12.1 Å². The summed E-state index contributed by atoms with van der Waals surface area (Å²) >= 11 is 0. The number of nitrogens with zero attached hydrogens (tertiary/aromatic N) is 1. The number of nitrogens with one attached hydrogen (secondary N) is 2. The van der Waals surface area contributed by atoms with E-state index in [0.717, 1.165) is 23.8 Å². The number of aliphatic hydroxyl groups is 1. The van der Waals surface area contributed by atoms with Gasteiger partial charge in [0.1, 0.15) is 5.75 Å². The van der Waals surface area contributed by atoms with Gasteiger partial charge in [-0.3, -0.25) is 4.99 Å². The van der Waals surface area contributed by atoms with E-state index >= 15 is 0 Å². The molecule has 1 atom stereocenters. The van der Waals surface area contributed by atoms with E-state index in [-0.39, 0.29) is 6.10 Å². The first-order chi connectivity index (χ1) is 10.6. The van der Waals surface area contributed by atoms with Gasteiger partial charge in [-0.05, 0) is 51.3 Å². The Morgan fingerprint density at radius 3 is 2.55 bits per heavy atom. The number of rotatable bonds is 7. The molecule has 0 saturated heterocycles. The highest BCUT2D eigenvalue weighted by Gasteiger charge is 2.22. The summed E-state index contributed by atoms with van der Waals surface area (Å²) in [5, 5.41) is 16.8. The van der Waals surface area contributed by atoms with Crippen molar-refractivity contribution in [3.05, 3.63) is 29.8 Å². The van der Waals surface area contributed by atoms with Gasteiger partial charge in [0.2, 0.25) is 0 Å². The fourth-order valence-corrected chi connectivity index (χ4v) is 2.06. The molecule has 1 aliphatic rings. The molecule has 2 rings (SSSR count). The predicted octanol–water partition coefficient (Wildman–Crippen LogP) is 2.22. The van der Waals surface area contributed by atoms with E-state index in [0.29, 0.717) is 12.6 Å². The molecule has 22 heavy (non-hydrogen) atoms. The minimum atomic E-state index is -0.609. The van der Waals surface area contributed by atoms with Gasteiger partial charge >= 0.3 is 0 Å². The van der Waals surface area contributed by atoms with Crippen molar-refractivity contribution in [3.63, 3.8) is 0 Å². The van der Waals surface area contributed by atoms with E-state index in [2.05, 4.69) is 15.6 Å². The molecule has 1 aromatic carbocycles. The number of ether oxygens (including phenoxy) is 1. The molecular weight excluding hydrogens is 278 g/mol. The number of hydrogen-bond acceptors (Lipinski definition) is 3. The molecule has 5 heteroatoms. The lowest BCUT2D eigenvalue weighted by Crippen LogP contribution is -2.38. The average Bonchev–Trinajstić information content (AvgIpc) is 3.29. The molecule has 1 aromatic rings. The molecule has 5 nitrogen and oxygen atoms in total. The van der Waals surface area contributed by atoms with Gasteiger partial charge in [0.05, 0.1) is 18.8 Å². The van der Waals surface area contributed by atoms with Crippen LogP contribution in [0.1, 0.15) is 45.3 Å². The second-order valence-corrected chi connectivity index (χ2v) is 5.89. The standard InChI is InChI=1S/C17H27N3O2/c1-4-18-17(20-14-7-8-14)19-11-16(21)13-5-9-15(10-6-13)22-12(2)3/h5-6,9-10,12,14,16,21H,4,7-8,11H2,1-3H3,(H2,18,19,20). The smallest absolute Gasteiger partial charge is 0.191 e. The van der Waals surface area contributed by atoms with Gasteiger partial charge in [-0.15, -0.1) is 0 Å². The Morgan fingerprint density at radius 1 is 1.32 bits per heavy atom. The van der Waals surface area contributed by atoms with Gasteiger partial charge in [0.25, 0.3) is 0 Å². The summed E-state index contributed by atoms with van der Waals surface area (Å²) < 4.78 is 5.60. The van der Waals surface area contributed by atoms with Crippen molar-refractivity contribution in [1.29, 1.82) is 0 Å². The summed E-state index contributed by atoms with van der Waals surface area (Å²) in [7, 11) is 0. The van der Waals surface area contributed by atoms with Crippen molar-refractivity contribution in [3.8, 4) is 5.75 Å². The van der Waals surface area contributed by atoms with Crippen LogP contribution in [0.3, 0.4) is 0 Å². The van der Waals surface area contributed by atoms with E-state index in [4.69, 9.17) is 4.74 Å². The topological polar surface area (TPSA) is 65.9 Å². The third kappa shape index (κ3) is 5.56. The Labute approximate surface area is 132 Å². The first-order valence-electron chi connectivity index (χ1n) is 8.08. The molecule has 1 fully saturated rings. The van der Waals surface area contributed by atoms with Crippen LogP contribution >= 0.6 is 0 Å². The second-order valence-electron chi connectivity index (χ2n) is 5.89. The fraction of sp³-hybridized carbons (Fsp3) is 0.588. The highest BCUT2D eigenvalue weighted by molar-refractivity contribution is 5.80. The molecule has 1 aliphatic carbocycles. The first-order valence-corrected chi connectivity index (χ1v) is 8.08.